The van der Waals surface area contributed by atoms with Gasteiger partial charge in [0.05, 0.1) is 0 Å². The number of hydrogen-bond acceptors (Lipinski definition) is 4. The van der Waals surface area contributed by atoms with Crippen LogP contribution < -0.4 is 0 Å². The fourth-order valence-electron chi connectivity index (χ4n) is 4.69. The third-order valence-electron chi connectivity index (χ3n) is 5.64. The molecule has 2 saturated heterocycles. The van der Waals surface area contributed by atoms with E-state index in [2.05, 4.69) is 11.8 Å². The molecule has 2 fully saturated rings. The molecule has 0 N–H and O–H groups in total. The highest BCUT2D eigenvalue weighted by Gasteiger charge is 2.64. The first kappa shape index (κ1) is 17.4. The Balaban J connectivity index is 2.35. The highest BCUT2D eigenvalue weighted by molar-refractivity contribution is 6.71. The first-order chi connectivity index (χ1) is 10.2. The lowest BCUT2D eigenvalue weighted by Gasteiger charge is -2.55. The van der Waals surface area contributed by atoms with Crippen molar-refractivity contribution >= 4 is 8.56 Å². The number of nitrogens with zero attached hydrogens (tertiary/aromatic N) is 1. The lowest BCUT2D eigenvalue weighted by atomic mass is 9.95. The Kier molecular flexibility index (Phi) is 6.26. The molecule has 4 nitrogen and oxygen atoms in total. The van der Waals surface area contributed by atoms with E-state index in [1.165, 1.54) is 45.2 Å². The number of methoxy groups -OCH3 is 1. The van der Waals surface area contributed by atoms with Gasteiger partial charge in [-0.3, -0.25) is 4.90 Å². The van der Waals surface area contributed by atoms with Crippen LogP contribution in [0.15, 0.2) is 0 Å². The van der Waals surface area contributed by atoms with Gasteiger partial charge in [0.2, 0.25) is 0 Å². The lowest BCUT2D eigenvalue weighted by molar-refractivity contribution is -0.0775. The van der Waals surface area contributed by atoms with Gasteiger partial charge in [0.25, 0.3) is 0 Å². The van der Waals surface area contributed by atoms with Crippen molar-refractivity contribution < 1.29 is 13.6 Å². The third-order valence-corrected chi connectivity index (χ3v) is 10.1. The minimum atomic E-state index is -2.34. The number of piperidine rings is 1. The minimum Gasteiger partial charge on any atom is -0.396 e. The Morgan fingerprint density at radius 2 is 1.71 bits per heavy atom. The molecule has 0 radical (unpaired) electrons. The predicted molar refractivity (Wildman–Crippen MR) is 87.7 cm³/mol. The molecular weight excluding hydrogens is 282 g/mol. The average molecular weight is 316 g/mol. The summed E-state index contributed by atoms with van der Waals surface area (Å²) in [4.78, 5) is 2.67. The smallest absolute Gasteiger partial charge is 0.372 e. The molecule has 0 bridgehead atoms. The second-order valence-electron chi connectivity index (χ2n) is 6.51. The topological polar surface area (TPSA) is 30.9 Å². The second-order valence-corrected chi connectivity index (χ2v) is 10.2. The van der Waals surface area contributed by atoms with Crippen LogP contribution in [-0.4, -0.2) is 59.1 Å². The molecule has 2 aliphatic rings. The van der Waals surface area contributed by atoms with Gasteiger partial charge in [-0.15, -0.1) is 0 Å². The summed E-state index contributed by atoms with van der Waals surface area (Å²) in [6, 6.07) is 1.51. The third kappa shape index (κ3) is 2.95. The highest BCUT2D eigenvalue weighted by atomic mass is 28.4. The van der Waals surface area contributed by atoms with E-state index in [-0.39, 0.29) is 5.22 Å². The van der Waals surface area contributed by atoms with Crippen LogP contribution in [-0.2, 0) is 13.6 Å². The summed E-state index contributed by atoms with van der Waals surface area (Å²) in [5.41, 5.74) is 0. The van der Waals surface area contributed by atoms with Gasteiger partial charge in [-0.2, -0.15) is 0 Å². The van der Waals surface area contributed by atoms with E-state index >= 15 is 0 Å². The van der Waals surface area contributed by atoms with Crippen molar-refractivity contribution in [3.8, 4) is 0 Å². The maximum Gasteiger partial charge on any atom is 0.372 e. The number of hydrogen-bond donors (Lipinski definition) is 0. The minimum absolute atomic E-state index is 0.221. The summed E-state index contributed by atoms with van der Waals surface area (Å²) in [6.07, 6.45) is 8.57. The second kappa shape index (κ2) is 7.55. The van der Waals surface area contributed by atoms with Crippen molar-refractivity contribution in [3.63, 3.8) is 0 Å². The summed E-state index contributed by atoms with van der Waals surface area (Å²) in [5, 5.41) is -0.221. The quantitative estimate of drug-likeness (QED) is 0.705. The molecule has 2 atom stereocenters. The zero-order valence-electron chi connectivity index (χ0n) is 14.3. The van der Waals surface area contributed by atoms with Gasteiger partial charge in [0.15, 0.2) is 0 Å². The summed E-state index contributed by atoms with van der Waals surface area (Å²) in [7, 11) is 3.19. The van der Waals surface area contributed by atoms with Crippen molar-refractivity contribution in [2.75, 3.05) is 34.4 Å². The molecule has 0 aliphatic carbocycles. The molecule has 5 heteroatoms. The molecule has 2 rings (SSSR count). The van der Waals surface area contributed by atoms with Crippen LogP contribution in [0.1, 0.15) is 51.9 Å². The van der Waals surface area contributed by atoms with Crippen molar-refractivity contribution in [2.45, 2.75) is 69.2 Å². The van der Waals surface area contributed by atoms with Gasteiger partial charge < -0.3 is 13.6 Å². The van der Waals surface area contributed by atoms with Crippen LogP contribution in [0.5, 0.6) is 0 Å². The van der Waals surface area contributed by atoms with E-state index < -0.39 is 8.56 Å². The Morgan fingerprint density at radius 1 is 1.05 bits per heavy atom. The van der Waals surface area contributed by atoms with Crippen molar-refractivity contribution in [1.82, 2.24) is 4.90 Å². The molecule has 2 unspecified atom stereocenters. The fourth-order valence-corrected chi connectivity index (χ4v) is 8.82. The first-order valence-electron chi connectivity index (χ1n) is 8.59. The SMILES string of the molecule is CCCC1(OC)C(N2CCCCC2)CCC[Si]1(OC)OC. The van der Waals surface area contributed by atoms with Crippen LogP contribution in [0.4, 0.5) is 0 Å². The molecule has 124 valence electrons. The molecule has 0 saturated carbocycles. The summed E-state index contributed by atoms with van der Waals surface area (Å²) < 4.78 is 18.4. The summed E-state index contributed by atoms with van der Waals surface area (Å²) in [6.45, 7) is 4.65. The molecule has 0 aromatic carbocycles. The highest BCUT2D eigenvalue weighted by Crippen LogP contribution is 2.45. The Bertz CT molecular complexity index is 319. The van der Waals surface area contributed by atoms with E-state index in [1.807, 2.05) is 21.3 Å². The van der Waals surface area contributed by atoms with E-state index in [4.69, 9.17) is 13.6 Å². The van der Waals surface area contributed by atoms with Gasteiger partial charge in [0, 0.05) is 27.4 Å². The summed E-state index contributed by atoms with van der Waals surface area (Å²) >= 11 is 0. The zero-order chi connectivity index (χ0) is 15.3. The van der Waals surface area contributed by atoms with Crippen molar-refractivity contribution in [1.29, 1.82) is 0 Å². The molecule has 0 aromatic heterocycles. The van der Waals surface area contributed by atoms with Crippen LogP contribution in [0.2, 0.25) is 6.04 Å². The standard InChI is InChI=1S/C16H33NO3Si/c1-5-11-16(18-2)15(17-12-7-6-8-13-17)10-9-14-21(16,19-3)20-4/h15H,5-14H2,1-4H3. The van der Waals surface area contributed by atoms with Crippen LogP contribution in [0.25, 0.3) is 0 Å². The first-order valence-corrected chi connectivity index (χ1v) is 10.6. The van der Waals surface area contributed by atoms with Gasteiger partial charge >= 0.3 is 8.56 Å². The van der Waals surface area contributed by atoms with Gasteiger partial charge in [-0.1, -0.05) is 19.8 Å². The Hall–Kier alpha value is 0.0569. The van der Waals surface area contributed by atoms with Gasteiger partial charge in [-0.25, -0.2) is 0 Å². The zero-order valence-corrected chi connectivity index (χ0v) is 15.3. The number of likely N-dealkylation sites (tertiary alicyclic amines) is 1. The monoisotopic (exact) mass is 315 g/mol. The maximum absolute atomic E-state index is 6.25. The van der Waals surface area contributed by atoms with Crippen molar-refractivity contribution in [3.05, 3.63) is 0 Å². The normalized spacial score (nSPS) is 34.0. The molecular formula is C16H33NO3Si. The van der Waals surface area contributed by atoms with E-state index in [9.17, 15) is 0 Å². The van der Waals surface area contributed by atoms with E-state index in [1.54, 1.807) is 0 Å². The fraction of sp³-hybridized carbons (Fsp3) is 1.00. The maximum atomic E-state index is 6.25. The van der Waals surface area contributed by atoms with E-state index in [0.29, 0.717) is 6.04 Å². The molecule has 0 spiro atoms. The molecule has 21 heavy (non-hydrogen) atoms. The average Bonchev–Trinajstić information content (AvgIpc) is 2.56. The largest absolute Gasteiger partial charge is 0.396 e. The molecule has 2 aliphatic heterocycles. The Morgan fingerprint density at radius 3 is 2.24 bits per heavy atom. The number of rotatable bonds is 6. The van der Waals surface area contributed by atoms with Crippen LogP contribution in [0, 0.1) is 0 Å². The Labute approximate surface area is 131 Å². The molecule has 2 heterocycles. The summed E-state index contributed by atoms with van der Waals surface area (Å²) in [5.74, 6) is 0. The lowest BCUT2D eigenvalue weighted by Crippen LogP contribution is -2.73. The molecule has 0 amide bonds. The molecule has 0 aromatic rings. The van der Waals surface area contributed by atoms with Crippen LogP contribution >= 0.6 is 0 Å². The van der Waals surface area contributed by atoms with Gasteiger partial charge in [0.1, 0.15) is 5.22 Å². The van der Waals surface area contributed by atoms with Gasteiger partial charge in [-0.05, 0) is 51.2 Å². The number of ether oxygens (including phenoxy) is 1. The predicted octanol–water partition coefficient (Wildman–Crippen LogP) is 3.09. The van der Waals surface area contributed by atoms with E-state index in [0.717, 1.165) is 18.9 Å². The van der Waals surface area contributed by atoms with Crippen molar-refractivity contribution in [2.24, 2.45) is 0 Å². The van der Waals surface area contributed by atoms with Crippen LogP contribution in [0.3, 0.4) is 0 Å².